The van der Waals surface area contributed by atoms with Crippen molar-refractivity contribution in [2.75, 3.05) is 52.9 Å². The summed E-state index contributed by atoms with van der Waals surface area (Å²) in [6, 6.07) is 0.640. The number of likely N-dealkylation sites (tertiary alicyclic amines) is 1. The van der Waals surface area contributed by atoms with Crippen molar-refractivity contribution in [2.24, 2.45) is 10.4 Å². The Morgan fingerprint density at radius 3 is 2.24 bits per heavy atom. The summed E-state index contributed by atoms with van der Waals surface area (Å²) >= 11 is 0. The van der Waals surface area contributed by atoms with E-state index in [-0.39, 0.29) is 5.54 Å². The average Bonchev–Trinajstić information content (AvgIpc) is 2.48. The Kier molecular flexibility index (Phi) is 3.69. The van der Waals surface area contributed by atoms with Gasteiger partial charge in [-0.15, -0.1) is 0 Å². The van der Waals surface area contributed by atoms with Crippen molar-refractivity contribution >= 4 is 5.96 Å². The highest BCUT2D eigenvalue weighted by Gasteiger charge is 2.53. The largest absolute Gasteiger partial charge is 0.355 e. The van der Waals surface area contributed by atoms with Gasteiger partial charge in [-0.1, -0.05) is 13.8 Å². The molecule has 1 atom stereocenters. The fourth-order valence-corrected chi connectivity index (χ4v) is 3.82. The number of rotatable bonds is 2. The maximum absolute atomic E-state index is 4.52. The summed E-state index contributed by atoms with van der Waals surface area (Å²) in [6.07, 6.45) is 0. The molecular formula is C16H31N5. The highest BCUT2D eigenvalue weighted by Crippen LogP contribution is 2.46. The molecule has 4 heterocycles. The fourth-order valence-electron chi connectivity index (χ4n) is 3.82. The third-order valence-corrected chi connectivity index (χ3v) is 6.24. The first-order chi connectivity index (χ1) is 9.85. The highest BCUT2D eigenvalue weighted by atomic mass is 15.4. The predicted molar refractivity (Wildman–Crippen MR) is 87.7 cm³/mol. The van der Waals surface area contributed by atoms with Gasteiger partial charge < -0.3 is 10.2 Å². The Labute approximate surface area is 129 Å². The van der Waals surface area contributed by atoms with Crippen LogP contribution in [-0.4, -0.2) is 85.1 Å². The Morgan fingerprint density at radius 2 is 1.81 bits per heavy atom. The molecule has 4 rings (SSSR count). The summed E-state index contributed by atoms with van der Waals surface area (Å²) in [7, 11) is 1.90. The average molecular weight is 293 g/mol. The molecule has 4 aliphatic rings. The molecule has 0 aromatic heterocycles. The molecular weight excluding hydrogens is 262 g/mol. The summed E-state index contributed by atoms with van der Waals surface area (Å²) in [5.41, 5.74) is 0.522. The summed E-state index contributed by atoms with van der Waals surface area (Å²) in [5.74, 6) is 1.07. The second-order valence-electron chi connectivity index (χ2n) is 7.95. The molecule has 0 spiro atoms. The van der Waals surface area contributed by atoms with Crippen molar-refractivity contribution in [2.45, 2.75) is 39.3 Å². The van der Waals surface area contributed by atoms with Gasteiger partial charge in [-0.25, -0.2) is 0 Å². The summed E-state index contributed by atoms with van der Waals surface area (Å²) < 4.78 is 0. The van der Waals surface area contributed by atoms with Crippen molar-refractivity contribution in [1.82, 2.24) is 20.0 Å². The van der Waals surface area contributed by atoms with Crippen LogP contribution >= 0.6 is 0 Å². The van der Waals surface area contributed by atoms with Crippen molar-refractivity contribution in [3.63, 3.8) is 0 Å². The van der Waals surface area contributed by atoms with Crippen LogP contribution in [0.5, 0.6) is 0 Å². The molecule has 0 aromatic carbocycles. The first-order valence-electron chi connectivity index (χ1n) is 8.30. The zero-order valence-corrected chi connectivity index (χ0v) is 14.3. The molecule has 4 aliphatic heterocycles. The Morgan fingerprint density at radius 1 is 1.14 bits per heavy atom. The molecule has 4 saturated heterocycles. The number of aliphatic imine (C=N–C) groups is 1. The van der Waals surface area contributed by atoms with Gasteiger partial charge in [-0.05, 0) is 13.8 Å². The van der Waals surface area contributed by atoms with Crippen LogP contribution in [0.2, 0.25) is 0 Å². The molecule has 1 unspecified atom stereocenters. The Balaban J connectivity index is 1.57. The zero-order valence-electron chi connectivity index (χ0n) is 14.3. The molecule has 2 bridgehead atoms. The maximum atomic E-state index is 4.52. The van der Waals surface area contributed by atoms with E-state index in [9.17, 15) is 0 Å². The second kappa shape index (κ2) is 5.13. The normalized spacial score (nSPS) is 37.3. The number of nitrogens with zero attached hydrogens (tertiary/aromatic N) is 4. The highest BCUT2D eigenvalue weighted by molar-refractivity contribution is 5.82. The molecule has 0 radical (unpaired) electrons. The van der Waals surface area contributed by atoms with E-state index in [0.29, 0.717) is 11.5 Å². The molecule has 0 aromatic rings. The molecule has 4 fully saturated rings. The fraction of sp³-hybridized carbons (Fsp3) is 0.938. The van der Waals surface area contributed by atoms with Gasteiger partial charge in [0.25, 0.3) is 0 Å². The van der Waals surface area contributed by atoms with Gasteiger partial charge in [-0.2, -0.15) is 0 Å². The van der Waals surface area contributed by atoms with E-state index in [1.54, 1.807) is 0 Å². The summed E-state index contributed by atoms with van der Waals surface area (Å²) in [6.45, 7) is 17.6. The number of guanidine groups is 1. The Bertz CT molecular complexity index is 420. The van der Waals surface area contributed by atoms with Crippen LogP contribution in [0.4, 0.5) is 0 Å². The van der Waals surface area contributed by atoms with Gasteiger partial charge in [0, 0.05) is 69.9 Å². The molecule has 5 heteroatoms. The van der Waals surface area contributed by atoms with Gasteiger partial charge in [0.05, 0.1) is 0 Å². The predicted octanol–water partition coefficient (Wildman–Crippen LogP) is 0.682. The lowest BCUT2D eigenvalue weighted by atomic mass is 9.65. The molecule has 0 saturated carbocycles. The molecule has 0 aliphatic carbocycles. The van der Waals surface area contributed by atoms with E-state index in [4.69, 9.17) is 0 Å². The quantitative estimate of drug-likeness (QED) is 0.600. The lowest BCUT2D eigenvalue weighted by Crippen LogP contribution is -2.73. The van der Waals surface area contributed by atoms with Gasteiger partial charge in [0.2, 0.25) is 0 Å². The minimum absolute atomic E-state index is 0.171. The molecule has 1 N–H and O–H groups in total. The lowest BCUT2D eigenvalue weighted by molar-refractivity contribution is -0.0673. The second-order valence-corrected chi connectivity index (χ2v) is 7.95. The van der Waals surface area contributed by atoms with E-state index in [0.717, 1.165) is 19.0 Å². The molecule has 21 heavy (non-hydrogen) atoms. The van der Waals surface area contributed by atoms with Gasteiger partial charge in [-0.3, -0.25) is 14.8 Å². The number of hydrogen-bond donors (Lipinski definition) is 1. The SMILES string of the molecule is CN=C(NCC1CN2CCN1CC2)N1CC(C)(C)C1(C)C. The molecule has 120 valence electrons. The van der Waals surface area contributed by atoms with Gasteiger partial charge in [0.15, 0.2) is 5.96 Å². The van der Waals surface area contributed by atoms with Gasteiger partial charge >= 0.3 is 0 Å². The van der Waals surface area contributed by atoms with Crippen LogP contribution in [-0.2, 0) is 0 Å². The third kappa shape index (κ3) is 2.44. The van der Waals surface area contributed by atoms with Crippen LogP contribution in [0.1, 0.15) is 27.7 Å². The van der Waals surface area contributed by atoms with Crippen LogP contribution in [0.3, 0.4) is 0 Å². The summed E-state index contributed by atoms with van der Waals surface area (Å²) in [5, 5.41) is 3.63. The monoisotopic (exact) mass is 293 g/mol. The number of fused-ring (bicyclic) bond motifs is 3. The van der Waals surface area contributed by atoms with Crippen molar-refractivity contribution in [3.8, 4) is 0 Å². The topological polar surface area (TPSA) is 34.1 Å². The first kappa shape index (κ1) is 15.1. The molecule has 5 nitrogen and oxygen atoms in total. The first-order valence-corrected chi connectivity index (χ1v) is 8.30. The smallest absolute Gasteiger partial charge is 0.194 e. The van der Waals surface area contributed by atoms with Crippen LogP contribution in [0.25, 0.3) is 0 Å². The minimum atomic E-state index is 0.171. The van der Waals surface area contributed by atoms with Crippen molar-refractivity contribution < 1.29 is 0 Å². The zero-order chi connectivity index (χ0) is 15.3. The van der Waals surface area contributed by atoms with E-state index < -0.39 is 0 Å². The lowest BCUT2D eigenvalue weighted by Gasteiger charge is -2.62. The van der Waals surface area contributed by atoms with Crippen molar-refractivity contribution in [1.29, 1.82) is 0 Å². The summed E-state index contributed by atoms with van der Waals surface area (Å²) in [4.78, 5) is 12.2. The van der Waals surface area contributed by atoms with E-state index in [1.165, 1.54) is 32.7 Å². The van der Waals surface area contributed by atoms with E-state index in [1.807, 2.05) is 7.05 Å². The third-order valence-electron chi connectivity index (χ3n) is 6.24. The molecule has 0 amide bonds. The Hall–Kier alpha value is -0.810. The standard InChI is InChI=1S/C16H31N5/c1-15(2)12-21(16(15,3)4)14(17-5)18-10-13-11-19-6-8-20(13)9-7-19/h13H,6-12H2,1-5H3,(H,17,18). The van der Waals surface area contributed by atoms with E-state index in [2.05, 4.69) is 52.7 Å². The van der Waals surface area contributed by atoms with Crippen LogP contribution in [0.15, 0.2) is 4.99 Å². The van der Waals surface area contributed by atoms with E-state index >= 15 is 0 Å². The maximum Gasteiger partial charge on any atom is 0.194 e. The van der Waals surface area contributed by atoms with Crippen molar-refractivity contribution in [3.05, 3.63) is 0 Å². The van der Waals surface area contributed by atoms with Gasteiger partial charge in [0.1, 0.15) is 0 Å². The van der Waals surface area contributed by atoms with Crippen LogP contribution in [0, 0.1) is 5.41 Å². The van der Waals surface area contributed by atoms with Crippen LogP contribution < -0.4 is 5.32 Å². The number of piperazine rings is 3. The number of nitrogens with one attached hydrogen (secondary N) is 1. The number of hydrogen-bond acceptors (Lipinski definition) is 3. The minimum Gasteiger partial charge on any atom is -0.355 e.